The lowest BCUT2D eigenvalue weighted by Crippen LogP contribution is -1.98. The minimum atomic E-state index is 0. The molecule has 74 valence electrons. The molecule has 0 spiro atoms. The Kier molecular flexibility index (Phi) is 5.84. The van der Waals surface area contributed by atoms with E-state index in [2.05, 4.69) is 4.98 Å². The molecule has 1 aromatic heterocycles. The molecule has 0 saturated carbocycles. The predicted molar refractivity (Wildman–Crippen MR) is 56.9 cm³/mol. The quantitative estimate of drug-likeness (QED) is 0.733. The summed E-state index contributed by atoms with van der Waals surface area (Å²) in [5, 5.41) is 0. The standard InChI is InChI=1S/C9H12ClNO.ClH/c1-3-12-9-4-5-11-8(6-10)7(9)2;/h4-5H,3,6H2,1-2H3;1H. The molecule has 0 atom stereocenters. The van der Waals surface area contributed by atoms with Gasteiger partial charge in [0.2, 0.25) is 0 Å². The fourth-order valence-corrected chi connectivity index (χ4v) is 1.28. The first kappa shape index (κ1) is 12.5. The second kappa shape index (κ2) is 6.06. The normalized spacial score (nSPS) is 9.15. The first-order valence-corrected chi connectivity index (χ1v) is 4.46. The van der Waals surface area contributed by atoms with Crippen LogP contribution in [-0.4, -0.2) is 11.6 Å². The number of ether oxygens (including phenoxy) is 1. The van der Waals surface area contributed by atoms with Crippen LogP contribution in [0, 0.1) is 6.92 Å². The molecule has 0 aliphatic rings. The van der Waals surface area contributed by atoms with E-state index in [0.717, 1.165) is 17.0 Å². The van der Waals surface area contributed by atoms with Gasteiger partial charge in [0, 0.05) is 11.8 Å². The van der Waals surface area contributed by atoms with E-state index in [1.54, 1.807) is 6.20 Å². The number of alkyl halides is 1. The number of halogens is 2. The van der Waals surface area contributed by atoms with Crippen molar-refractivity contribution in [1.82, 2.24) is 4.98 Å². The van der Waals surface area contributed by atoms with Gasteiger partial charge in [-0.1, -0.05) is 0 Å². The van der Waals surface area contributed by atoms with Crippen LogP contribution in [-0.2, 0) is 5.88 Å². The Bertz CT molecular complexity index is 266. The Labute approximate surface area is 89.7 Å². The lowest BCUT2D eigenvalue weighted by Gasteiger charge is -2.08. The summed E-state index contributed by atoms with van der Waals surface area (Å²) in [6.45, 7) is 4.60. The molecule has 0 unspecified atom stereocenters. The van der Waals surface area contributed by atoms with Gasteiger partial charge in [-0.3, -0.25) is 4.98 Å². The Balaban J connectivity index is 0.00000144. The van der Waals surface area contributed by atoms with Crippen molar-refractivity contribution in [1.29, 1.82) is 0 Å². The highest BCUT2D eigenvalue weighted by Gasteiger charge is 2.03. The Hall–Kier alpha value is -0.470. The van der Waals surface area contributed by atoms with Gasteiger partial charge in [0.1, 0.15) is 5.75 Å². The van der Waals surface area contributed by atoms with Crippen molar-refractivity contribution in [2.45, 2.75) is 19.7 Å². The van der Waals surface area contributed by atoms with Gasteiger partial charge in [-0.15, -0.1) is 24.0 Å². The first-order valence-electron chi connectivity index (χ1n) is 3.92. The van der Waals surface area contributed by atoms with Crippen LogP contribution < -0.4 is 4.74 Å². The van der Waals surface area contributed by atoms with E-state index in [4.69, 9.17) is 16.3 Å². The molecule has 0 radical (unpaired) electrons. The Morgan fingerprint density at radius 2 is 2.23 bits per heavy atom. The third-order valence-electron chi connectivity index (χ3n) is 1.69. The third-order valence-corrected chi connectivity index (χ3v) is 1.94. The van der Waals surface area contributed by atoms with Crippen LogP contribution in [0.25, 0.3) is 0 Å². The molecular weight excluding hydrogens is 209 g/mol. The average Bonchev–Trinajstić information content (AvgIpc) is 2.09. The zero-order valence-electron chi connectivity index (χ0n) is 7.71. The molecule has 1 heterocycles. The summed E-state index contributed by atoms with van der Waals surface area (Å²) in [5.41, 5.74) is 1.93. The topological polar surface area (TPSA) is 22.1 Å². The van der Waals surface area contributed by atoms with Crippen molar-refractivity contribution in [2.75, 3.05) is 6.61 Å². The zero-order valence-corrected chi connectivity index (χ0v) is 9.28. The Morgan fingerprint density at radius 3 is 2.77 bits per heavy atom. The molecule has 0 aliphatic heterocycles. The van der Waals surface area contributed by atoms with E-state index in [0.29, 0.717) is 12.5 Å². The molecule has 0 aromatic carbocycles. The van der Waals surface area contributed by atoms with Gasteiger partial charge in [-0.25, -0.2) is 0 Å². The highest BCUT2D eigenvalue weighted by molar-refractivity contribution is 6.17. The lowest BCUT2D eigenvalue weighted by molar-refractivity contribution is 0.337. The van der Waals surface area contributed by atoms with Gasteiger partial charge in [-0.05, 0) is 19.9 Å². The highest BCUT2D eigenvalue weighted by Crippen LogP contribution is 2.20. The second-order valence-electron chi connectivity index (χ2n) is 2.45. The smallest absolute Gasteiger partial charge is 0.125 e. The fraction of sp³-hybridized carbons (Fsp3) is 0.444. The van der Waals surface area contributed by atoms with Crippen molar-refractivity contribution >= 4 is 24.0 Å². The summed E-state index contributed by atoms with van der Waals surface area (Å²) in [6.07, 6.45) is 1.72. The van der Waals surface area contributed by atoms with E-state index >= 15 is 0 Å². The fourth-order valence-electron chi connectivity index (χ4n) is 1.01. The maximum Gasteiger partial charge on any atom is 0.125 e. The largest absolute Gasteiger partial charge is 0.493 e. The molecule has 0 bridgehead atoms. The number of pyridine rings is 1. The van der Waals surface area contributed by atoms with Crippen molar-refractivity contribution in [3.05, 3.63) is 23.5 Å². The van der Waals surface area contributed by atoms with Crippen LogP contribution in [0.2, 0.25) is 0 Å². The van der Waals surface area contributed by atoms with Gasteiger partial charge >= 0.3 is 0 Å². The molecule has 0 aliphatic carbocycles. The summed E-state index contributed by atoms with van der Waals surface area (Å²) in [4.78, 5) is 4.13. The van der Waals surface area contributed by atoms with Crippen LogP contribution in [0.1, 0.15) is 18.2 Å². The molecule has 0 amide bonds. The van der Waals surface area contributed by atoms with E-state index < -0.39 is 0 Å². The van der Waals surface area contributed by atoms with E-state index in [1.807, 2.05) is 19.9 Å². The number of rotatable bonds is 3. The maximum absolute atomic E-state index is 5.69. The summed E-state index contributed by atoms with van der Waals surface area (Å²) >= 11 is 5.69. The van der Waals surface area contributed by atoms with E-state index in [-0.39, 0.29) is 12.4 Å². The molecule has 4 heteroatoms. The molecule has 0 fully saturated rings. The molecule has 13 heavy (non-hydrogen) atoms. The van der Waals surface area contributed by atoms with Crippen molar-refractivity contribution in [3.63, 3.8) is 0 Å². The predicted octanol–water partition coefficient (Wildman–Crippen LogP) is 2.95. The van der Waals surface area contributed by atoms with E-state index in [1.165, 1.54) is 0 Å². The third kappa shape index (κ3) is 3.05. The van der Waals surface area contributed by atoms with Gasteiger partial charge in [0.15, 0.2) is 0 Å². The lowest BCUT2D eigenvalue weighted by atomic mass is 10.2. The van der Waals surface area contributed by atoms with Crippen molar-refractivity contribution in [3.8, 4) is 5.75 Å². The van der Waals surface area contributed by atoms with Gasteiger partial charge in [0.05, 0.1) is 18.2 Å². The number of nitrogens with zero attached hydrogens (tertiary/aromatic N) is 1. The summed E-state index contributed by atoms with van der Waals surface area (Å²) < 4.78 is 5.38. The number of aromatic nitrogens is 1. The molecule has 0 saturated heterocycles. The van der Waals surface area contributed by atoms with Gasteiger partial charge in [0.25, 0.3) is 0 Å². The molecule has 2 nitrogen and oxygen atoms in total. The van der Waals surface area contributed by atoms with Crippen LogP contribution in [0.5, 0.6) is 5.75 Å². The van der Waals surface area contributed by atoms with Crippen molar-refractivity contribution < 1.29 is 4.74 Å². The summed E-state index contributed by atoms with van der Waals surface area (Å²) in [7, 11) is 0. The highest BCUT2D eigenvalue weighted by atomic mass is 35.5. The van der Waals surface area contributed by atoms with E-state index in [9.17, 15) is 0 Å². The van der Waals surface area contributed by atoms with Crippen LogP contribution in [0.3, 0.4) is 0 Å². The van der Waals surface area contributed by atoms with Crippen LogP contribution in [0.15, 0.2) is 12.3 Å². The van der Waals surface area contributed by atoms with Crippen LogP contribution in [0.4, 0.5) is 0 Å². The first-order chi connectivity index (χ1) is 5.79. The average molecular weight is 222 g/mol. The summed E-state index contributed by atoms with van der Waals surface area (Å²) in [5.74, 6) is 1.32. The second-order valence-corrected chi connectivity index (χ2v) is 2.71. The van der Waals surface area contributed by atoms with Crippen molar-refractivity contribution in [2.24, 2.45) is 0 Å². The molecule has 0 N–H and O–H groups in total. The van der Waals surface area contributed by atoms with Gasteiger partial charge < -0.3 is 4.74 Å². The summed E-state index contributed by atoms with van der Waals surface area (Å²) in [6, 6.07) is 1.86. The Morgan fingerprint density at radius 1 is 1.54 bits per heavy atom. The monoisotopic (exact) mass is 221 g/mol. The molecular formula is C9H13Cl2NO. The SMILES string of the molecule is CCOc1ccnc(CCl)c1C.Cl. The molecule has 1 rings (SSSR count). The van der Waals surface area contributed by atoms with Gasteiger partial charge in [-0.2, -0.15) is 0 Å². The minimum absolute atomic E-state index is 0. The number of hydrogen-bond donors (Lipinski definition) is 0. The maximum atomic E-state index is 5.69. The zero-order chi connectivity index (χ0) is 8.97. The molecule has 1 aromatic rings. The van der Waals surface area contributed by atoms with Crippen LogP contribution >= 0.6 is 24.0 Å². The number of hydrogen-bond acceptors (Lipinski definition) is 2. The minimum Gasteiger partial charge on any atom is -0.493 e.